The van der Waals surface area contributed by atoms with Gasteiger partial charge in [-0.15, -0.1) is 11.8 Å². The second-order valence-corrected chi connectivity index (χ2v) is 10.5. The Labute approximate surface area is 179 Å². The van der Waals surface area contributed by atoms with Crippen molar-refractivity contribution in [1.29, 1.82) is 0 Å². The van der Waals surface area contributed by atoms with Crippen LogP contribution in [0.4, 0.5) is 5.69 Å². The van der Waals surface area contributed by atoms with Gasteiger partial charge in [0.15, 0.2) is 9.84 Å². The zero-order valence-corrected chi connectivity index (χ0v) is 18.9. The topological polar surface area (TPSA) is 115 Å². The lowest BCUT2D eigenvalue weighted by atomic mass is 10.1. The number of nitro groups is 1. The van der Waals surface area contributed by atoms with Gasteiger partial charge in [-0.2, -0.15) is 5.10 Å². The summed E-state index contributed by atoms with van der Waals surface area (Å²) in [4.78, 5) is 25.7. The van der Waals surface area contributed by atoms with Crippen molar-refractivity contribution >= 4 is 33.2 Å². The van der Waals surface area contributed by atoms with Crippen LogP contribution in [0, 0.1) is 24.0 Å². The van der Waals surface area contributed by atoms with Crippen molar-refractivity contribution in [3.05, 3.63) is 50.8 Å². The first-order valence-corrected chi connectivity index (χ1v) is 12.4. The van der Waals surface area contributed by atoms with Crippen molar-refractivity contribution in [3.8, 4) is 0 Å². The van der Waals surface area contributed by atoms with Crippen LogP contribution in [0.15, 0.2) is 23.1 Å². The van der Waals surface area contributed by atoms with Crippen molar-refractivity contribution in [2.75, 3.05) is 24.8 Å². The Morgan fingerprint density at radius 3 is 2.67 bits per heavy atom. The Hall–Kier alpha value is -2.40. The molecule has 0 saturated carbocycles. The van der Waals surface area contributed by atoms with Gasteiger partial charge in [0.2, 0.25) is 0 Å². The molecule has 30 heavy (non-hydrogen) atoms. The number of nitro benzene ring substituents is 1. The zero-order valence-electron chi connectivity index (χ0n) is 17.3. The van der Waals surface area contributed by atoms with Crippen LogP contribution >= 0.6 is 11.8 Å². The van der Waals surface area contributed by atoms with E-state index in [1.165, 1.54) is 22.7 Å². The fraction of sp³-hybridized carbons (Fsp3) is 0.474. The third kappa shape index (κ3) is 4.36. The summed E-state index contributed by atoms with van der Waals surface area (Å²) in [5.74, 6) is -0.0934. The molecule has 1 fully saturated rings. The van der Waals surface area contributed by atoms with Gasteiger partial charge in [-0.25, -0.2) is 8.42 Å². The molecule has 0 spiro atoms. The minimum atomic E-state index is -3.04. The number of aromatic nitrogens is 2. The Morgan fingerprint density at radius 1 is 1.40 bits per heavy atom. The average molecular weight is 453 g/mol. The largest absolute Gasteiger partial charge is 0.337 e. The molecule has 1 atom stereocenters. The number of benzene rings is 1. The van der Waals surface area contributed by atoms with Crippen LogP contribution in [-0.4, -0.2) is 58.7 Å². The molecule has 11 heteroatoms. The summed E-state index contributed by atoms with van der Waals surface area (Å²) in [6.45, 7) is 3.98. The summed E-state index contributed by atoms with van der Waals surface area (Å²) in [5.41, 5.74) is 2.57. The number of rotatable bonds is 6. The molecule has 0 unspecified atom stereocenters. The molecule has 9 nitrogen and oxygen atoms in total. The van der Waals surface area contributed by atoms with Crippen molar-refractivity contribution in [2.45, 2.75) is 37.8 Å². The van der Waals surface area contributed by atoms with Gasteiger partial charge in [0.1, 0.15) is 0 Å². The number of aryl methyl sites for hydroxylation is 1. The molecule has 1 aromatic heterocycles. The summed E-state index contributed by atoms with van der Waals surface area (Å²) < 4.78 is 25.4. The number of sulfone groups is 1. The molecule has 2 aromatic rings. The molecular weight excluding hydrogens is 428 g/mol. The maximum absolute atomic E-state index is 12.9. The van der Waals surface area contributed by atoms with Crippen LogP contribution in [-0.2, 0) is 16.4 Å². The lowest BCUT2D eigenvalue weighted by Gasteiger charge is -2.18. The van der Waals surface area contributed by atoms with Gasteiger partial charge in [0, 0.05) is 36.5 Å². The standard InChI is InChI=1S/C19H24N4O5S2/c1-12-16(13(2)22(20-12)15-7-8-30(27,28)11-15)10-21(3)19(24)14-5-6-18(29-4)17(9-14)23(25)26/h5-6,9,15H,7-8,10-11H2,1-4H3/t15-/m1/s1. The molecule has 0 N–H and O–H groups in total. The van der Waals surface area contributed by atoms with E-state index in [1.54, 1.807) is 30.1 Å². The zero-order chi connectivity index (χ0) is 22.2. The van der Waals surface area contributed by atoms with Crippen LogP contribution in [0.5, 0.6) is 0 Å². The number of amides is 1. The molecule has 162 valence electrons. The van der Waals surface area contributed by atoms with E-state index in [1.807, 2.05) is 13.8 Å². The molecule has 0 aliphatic carbocycles. The van der Waals surface area contributed by atoms with E-state index in [-0.39, 0.29) is 41.3 Å². The van der Waals surface area contributed by atoms with Gasteiger partial charge < -0.3 is 4.90 Å². The van der Waals surface area contributed by atoms with Crippen molar-refractivity contribution < 1.29 is 18.1 Å². The minimum Gasteiger partial charge on any atom is -0.337 e. The Balaban J connectivity index is 1.83. The maximum atomic E-state index is 12.9. The van der Waals surface area contributed by atoms with Gasteiger partial charge in [-0.05, 0) is 38.7 Å². The third-order valence-electron chi connectivity index (χ3n) is 5.39. The van der Waals surface area contributed by atoms with Crippen LogP contribution in [0.25, 0.3) is 0 Å². The van der Waals surface area contributed by atoms with Crippen LogP contribution < -0.4 is 0 Å². The second-order valence-electron chi connectivity index (χ2n) is 7.46. The Kier molecular flexibility index (Phi) is 6.23. The minimum absolute atomic E-state index is 0.0780. The average Bonchev–Trinajstić information content (AvgIpc) is 3.19. The molecule has 2 heterocycles. The quantitative estimate of drug-likeness (QED) is 0.376. The Morgan fingerprint density at radius 2 is 2.10 bits per heavy atom. The van der Waals surface area contributed by atoms with E-state index in [0.717, 1.165) is 17.0 Å². The van der Waals surface area contributed by atoms with E-state index >= 15 is 0 Å². The molecule has 0 radical (unpaired) electrons. The van der Waals surface area contributed by atoms with E-state index in [2.05, 4.69) is 5.10 Å². The van der Waals surface area contributed by atoms with Gasteiger partial charge in [-0.1, -0.05) is 0 Å². The molecule has 1 saturated heterocycles. The highest BCUT2D eigenvalue weighted by molar-refractivity contribution is 7.98. The lowest BCUT2D eigenvalue weighted by molar-refractivity contribution is -0.387. The SMILES string of the molecule is CSc1ccc(C(=O)N(C)Cc2c(C)nn([C@@H]3CCS(=O)(=O)C3)c2C)cc1[N+](=O)[O-]. The molecule has 1 aliphatic heterocycles. The van der Waals surface area contributed by atoms with Crippen LogP contribution in [0.3, 0.4) is 0 Å². The summed E-state index contributed by atoms with van der Waals surface area (Å²) in [6, 6.07) is 4.28. The number of hydrogen-bond donors (Lipinski definition) is 0. The molecule has 3 rings (SSSR count). The van der Waals surface area contributed by atoms with Crippen molar-refractivity contribution in [2.24, 2.45) is 0 Å². The first kappa shape index (κ1) is 22.3. The van der Waals surface area contributed by atoms with E-state index in [9.17, 15) is 23.3 Å². The van der Waals surface area contributed by atoms with Gasteiger partial charge in [0.25, 0.3) is 11.6 Å². The summed E-state index contributed by atoms with van der Waals surface area (Å²) in [5, 5.41) is 15.8. The summed E-state index contributed by atoms with van der Waals surface area (Å²) in [6.07, 6.45) is 2.28. The number of thioether (sulfide) groups is 1. The fourth-order valence-corrected chi connectivity index (χ4v) is 5.98. The number of nitrogens with zero attached hydrogens (tertiary/aromatic N) is 4. The maximum Gasteiger partial charge on any atom is 0.283 e. The smallest absolute Gasteiger partial charge is 0.283 e. The molecule has 1 aromatic carbocycles. The lowest BCUT2D eigenvalue weighted by Crippen LogP contribution is -2.27. The highest BCUT2D eigenvalue weighted by Gasteiger charge is 2.31. The first-order chi connectivity index (χ1) is 14.0. The van der Waals surface area contributed by atoms with Crippen LogP contribution in [0.1, 0.15) is 39.8 Å². The van der Waals surface area contributed by atoms with Crippen molar-refractivity contribution in [1.82, 2.24) is 14.7 Å². The van der Waals surface area contributed by atoms with Gasteiger partial charge in [-0.3, -0.25) is 19.6 Å². The molecular formula is C19H24N4O5S2. The van der Waals surface area contributed by atoms with Crippen LogP contribution in [0.2, 0.25) is 0 Å². The van der Waals surface area contributed by atoms with Crippen molar-refractivity contribution in [3.63, 3.8) is 0 Å². The van der Waals surface area contributed by atoms with Gasteiger partial charge >= 0.3 is 0 Å². The first-order valence-electron chi connectivity index (χ1n) is 9.37. The monoisotopic (exact) mass is 452 g/mol. The molecule has 1 amide bonds. The number of carbonyl (C=O) groups excluding carboxylic acids is 1. The predicted molar refractivity (Wildman–Crippen MR) is 115 cm³/mol. The number of carbonyl (C=O) groups is 1. The van der Waals surface area contributed by atoms with E-state index in [0.29, 0.717) is 11.3 Å². The molecule has 0 bridgehead atoms. The van der Waals surface area contributed by atoms with Gasteiger partial charge in [0.05, 0.1) is 33.1 Å². The summed E-state index contributed by atoms with van der Waals surface area (Å²) >= 11 is 1.25. The highest BCUT2D eigenvalue weighted by Crippen LogP contribution is 2.30. The van der Waals surface area contributed by atoms with E-state index < -0.39 is 14.8 Å². The fourth-order valence-electron chi connectivity index (χ4n) is 3.74. The Bertz CT molecular complexity index is 1110. The second kappa shape index (κ2) is 8.38. The highest BCUT2D eigenvalue weighted by atomic mass is 32.2. The number of hydrogen-bond acceptors (Lipinski definition) is 7. The third-order valence-corrected chi connectivity index (χ3v) is 7.93. The van der Waals surface area contributed by atoms with E-state index in [4.69, 9.17) is 0 Å². The molecule has 1 aliphatic rings. The summed E-state index contributed by atoms with van der Waals surface area (Å²) in [7, 11) is -1.40. The predicted octanol–water partition coefficient (Wildman–Crippen LogP) is 2.76. The normalized spacial score (nSPS) is 17.8.